The average Bonchev–Trinajstić information content (AvgIpc) is 3.72. The van der Waals surface area contributed by atoms with E-state index >= 15 is 0 Å². The Labute approximate surface area is 251 Å². The van der Waals surface area contributed by atoms with Gasteiger partial charge in [-0.2, -0.15) is 23.3 Å². The van der Waals surface area contributed by atoms with Gasteiger partial charge in [-0.15, -0.1) is 0 Å². The fourth-order valence-electron chi connectivity index (χ4n) is 5.85. The largest absolute Gasteiger partial charge is 0.493 e. The van der Waals surface area contributed by atoms with E-state index < -0.39 is 23.5 Å². The zero-order chi connectivity index (χ0) is 31.2. The number of carbonyl (C=O) groups is 2. The second-order valence-electron chi connectivity index (χ2n) is 11.2. The number of hydrogen-bond donors (Lipinski definition) is 1. The number of hydrogen-bond acceptors (Lipinski definition) is 6. The SMILES string of the molecule is COC1=CCC(C2(NC(=O)c3ccc(CN4C=C5C(=O)N(c6ccc(F)c(C(F)(F)F)c6)N=C5CC4)cc3)CC2)C=C1OC. The van der Waals surface area contributed by atoms with Gasteiger partial charge in [0.05, 0.1) is 36.8 Å². The molecule has 8 nitrogen and oxygen atoms in total. The first kappa shape index (κ1) is 29.5. The van der Waals surface area contributed by atoms with Crippen molar-refractivity contribution >= 4 is 23.2 Å². The van der Waals surface area contributed by atoms with E-state index in [4.69, 9.17) is 9.47 Å². The van der Waals surface area contributed by atoms with Gasteiger partial charge in [0, 0.05) is 42.7 Å². The van der Waals surface area contributed by atoms with Crippen LogP contribution in [0.1, 0.15) is 47.2 Å². The molecular weight excluding hydrogens is 580 g/mol. The third kappa shape index (κ3) is 5.56. The molecule has 0 bridgehead atoms. The van der Waals surface area contributed by atoms with Crippen LogP contribution in [-0.4, -0.2) is 48.7 Å². The van der Waals surface area contributed by atoms with Gasteiger partial charge in [-0.05, 0) is 67.3 Å². The first-order valence-corrected chi connectivity index (χ1v) is 14.2. The second kappa shape index (κ2) is 11.1. The average molecular weight is 611 g/mol. The van der Waals surface area contributed by atoms with E-state index in [1.807, 2.05) is 29.2 Å². The molecular formula is C32H30F4N4O4. The number of fused-ring (bicyclic) bond motifs is 1. The Bertz CT molecular complexity index is 1620. The molecule has 1 fully saturated rings. The summed E-state index contributed by atoms with van der Waals surface area (Å²) in [6.07, 6.45) is 3.65. The van der Waals surface area contributed by atoms with Crippen LogP contribution in [0.2, 0.25) is 0 Å². The summed E-state index contributed by atoms with van der Waals surface area (Å²) in [6.45, 7) is 0.981. The number of carbonyl (C=O) groups excluding carboxylic acids is 2. The Morgan fingerprint density at radius 2 is 1.82 bits per heavy atom. The highest BCUT2D eigenvalue weighted by atomic mass is 19.4. The molecule has 1 saturated carbocycles. The first-order valence-electron chi connectivity index (χ1n) is 14.2. The monoisotopic (exact) mass is 610 g/mol. The topological polar surface area (TPSA) is 83.5 Å². The van der Waals surface area contributed by atoms with Crippen LogP contribution in [0.4, 0.5) is 23.2 Å². The smallest absolute Gasteiger partial charge is 0.419 e. The van der Waals surface area contributed by atoms with Crippen LogP contribution in [0.3, 0.4) is 0 Å². The van der Waals surface area contributed by atoms with E-state index in [0.717, 1.165) is 35.9 Å². The van der Waals surface area contributed by atoms with E-state index in [9.17, 15) is 27.2 Å². The minimum atomic E-state index is -4.90. The van der Waals surface area contributed by atoms with Crippen LogP contribution in [-0.2, 0) is 27.0 Å². The summed E-state index contributed by atoms with van der Waals surface area (Å²) in [6, 6.07) is 9.61. The summed E-state index contributed by atoms with van der Waals surface area (Å²) in [5, 5.41) is 8.33. The lowest BCUT2D eigenvalue weighted by Gasteiger charge is -2.28. The molecule has 6 rings (SSSR count). The molecule has 44 heavy (non-hydrogen) atoms. The Morgan fingerprint density at radius 3 is 2.48 bits per heavy atom. The molecule has 2 heterocycles. The number of rotatable bonds is 8. The highest BCUT2D eigenvalue weighted by molar-refractivity contribution is 6.30. The molecule has 0 saturated heterocycles. The lowest BCUT2D eigenvalue weighted by atomic mass is 9.89. The Hall–Kier alpha value is -4.61. The zero-order valence-electron chi connectivity index (χ0n) is 24.1. The van der Waals surface area contributed by atoms with Crippen molar-refractivity contribution in [3.05, 3.63) is 100 Å². The molecule has 2 aromatic carbocycles. The molecule has 0 aromatic heterocycles. The van der Waals surface area contributed by atoms with Gasteiger partial charge in [0.25, 0.3) is 11.8 Å². The fraction of sp³-hybridized carbons (Fsp3) is 0.344. The number of allylic oxidation sites excluding steroid dienone is 1. The molecule has 12 heteroatoms. The van der Waals surface area contributed by atoms with Gasteiger partial charge >= 0.3 is 6.18 Å². The van der Waals surface area contributed by atoms with Gasteiger partial charge in [0.2, 0.25) is 0 Å². The van der Waals surface area contributed by atoms with Crippen molar-refractivity contribution in [2.24, 2.45) is 11.0 Å². The summed E-state index contributed by atoms with van der Waals surface area (Å²) < 4.78 is 64.2. The Kier molecular flexibility index (Phi) is 7.46. The minimum Gasteiger partial charge on any atom is -0.493 e. The Morgan fingerprint density at radius 1 is 1.09 bits per heavy atom. The van der Waals surface area contributed by atoms with Gasteiger partial charge in [-0.1, -0.05) is 12.1 Å². The van der Waals surface area contributed by atoms with Gasteiger partial charge in [0.1, 0.15) is 5.82 Å². The molecule has 1 N–H and O–H groups in total. The molecule has 2 aliphatic heterocycles. The number of hydrazone groups is 1. The maximum absolute atomic E-state index is 13.8. The molecule has 2 aliphatic carbocycles. The van der Waals surface area contributed by atoms with Crippen LogP contribution in [0.5, 0.6) is 0 Å². The number of nitrogens with one attached hydrogen (secondary N) is 1. The van der Waals surface area contributed by atoms with Crippen LogP contribution >= 0.6 is 0 Å². The van der Waals surface area contributed by atoms with Crippen molar-refractivity contribution in [1.82, 2.24) is 10.2 Å². The maximum Gasteiger partial charge on any atom is 0.419 e. The van der Waals surface area contributed by atoms with Crippen LogP contribution in [0.15, 0.2) is 83.0 Å². The third-order valence-corrected chi connectivity index (χ3v) is 8.46. The number of nitrogens with zero attached hydrogens (tertiary/aromatic N) is 3. The maximum atomic E-state index is 13.8. The zero-order valence-corrected chi connectivity index (χ0v) is 24.1. The van der Waals surface area contributed by atoms with E-state index in [0.29, 0.717) is 54.4 Å². The summed E-state index contributed by atoms with van der Waals surface area (Å²) in [7, 11) is 3.19. The van der Waals surface area contributed by atoms with Crippen molar-refractivity contribution < 1.29 is 36.6 Å². The normalized spacial score (nSPS) is 20.7. The molecule has 1 atom stereocenters. The number of ether oxygens (including phenoxy) is 2. The third-order valence-electron chi connectivity index (χ3n) is 8.46. The highest BCUT2D eigenvalue weighted by Crippen LogP contribution is 2.47. The summed E-state index contributed by atoms with van der Waals surface area (Å²) in [5.74, 6) is -0.697. The predicted molar refractivity (Wildman–Crippen MR) is 154 cm³/mol. The molecule has 1 unspecified atom stereocenters. The number of benzene rings is 2. The molecule has 0 radical (unpaired) electrons. The summed E-state index contributed by atoms with van der Waals surface area (Å²) in [4.78, 5) is 28.2. The molecule has 2 amide bonds. The lowest BCUT2D eigenvalue weighted by molar-refractivity contribution is -0.140. The lowest BCUT2D eigenvalue weighted by Crippen LogP contribution is -2.42. The number of methoxy groups -OCH3 is 2. The van der Waals surface area contributed by atoms with Crippen LogP contribution in [0.25, 0.3) is 0 Å². The van der Waals surface area contributed by atoms with Gasteiger partial charge in [0.15, 0.2) is 11.5 Å². The minimum absolute atomic E-state index is 0.101. The van der Waals surface area contributed by atoms with E-state index in [-0.39, 0.29) is 28.6 Å². The summed E-state index contributed by atoms with van der Waals surface area (Å²) in [5.41, 5.74) is 0.248. The number of halogens is 4. The standard InChI is InChI=1S/C32H30F4N4O4/c1-43-27-10-7-21(15-28(27)44-2)31(12-13-31)37-29(41)20-5-3-19(4-6-20)17-39-14-11-26-23(18-39)30(42)40(38-26)22-8-9-25(33)24(16-22)32(34,35)36/h3-6,8-10,15-16,18,21H,7,11-14,17H2,1-2H3,(H,37,41). The second-order valence-corrected chi connectivity index (χ2v) is 11.2. The number of anilines is 1. The van der Waals surface area contributed by atoms with E-state index in [2.05, 4.69) is 10.4 Å². The van der Waals surface area contributed by atoms with Crippen molar-refractivity contribution in [3.63, 3.8) is 0 Å². The van der Waals surface area contributed by atoms with Crippen molar-refractivity contribution in [2.75, 3.05) is 25.8 Å². The number of amides is 2. The highest BCUT2D eigenvalue weighted by Gasteiger charge is 2.50. The van der Waals surface area contributed by atoms with E-state index in [1.54, 1.807) is 32.6 Å². The molecule has 0 spiro atoms. The fourth-order valence-corrected chi connectivity index (χ4v) is 5.85. The van der Waals surface area contributed by atoms with Crippen molar-refractivity contribution in [3.8, 4) is 0 Å². The molecule has 2 aromatic rings. The van der Waals surface area contributed by atoms with Crippen molar-refractivity contribution in [2.45, 2.75) is 43.9 Å². The van der Waals surface area contributed by atoms with Gasteiger partial charge in [-0.3, -0.25) is 9.59 Å². The predicted octanol–water partition coefficient (Wildman–Crippen LogP) is 5.68. The van der Waals surface area contributed by atoms with Gasteiger partial charge < -0.3 is 19.7 Å². The van der Waals surface area contributed by atoms with Crippen molar-refractivity contribution in [1.29, 1.82) is 0 Å². The quantitative estimate of drug-likeness (QED) is 0.389. The van der Waals surface area contributed by atoms with E-state index in [1.165, 1.54) is 0 Å². The molecule has 4 aliphatic rings. The summed E-state index contributed by atoms with van der Waals surface area (Å²) >= 11 is 0. The van der Waals surface area contributed by atoms with Gasteiger partial charge in [-0.25, -0.2) is 4.39 Å². The van der Waals surface area contributed by atoms with Crippen LogP contribution in [0, 0.1) is 11.7 Å². The first-order chi connectivity index (χ1) is 21.0. The Balaban J connectivity index is 1.10. The van der Waals surface area contributed by atoms with Crippen LogP contribution < -0.4 is 10.3 Å². The number of alkyl halides is 3. The molecule has 230 valence electrons.